The van der Waals surface area contributed by atoms with Crippen molar-refractivity contribution in [1.29, 1.82) is 5.26 Å². The molecular weight excluding hydrogens is 182 g/mol. The van der Waals surface area contributed by atoms with Gasteiger partial charge in [0.25, 0.3) is 0 Å². The van der Waals surface area contributed by atoms with Gasteiger partial charge in [0.15, 0.2) is 0 Å². The number of rotatable bonds is 1. The van der Waals surface area contributed by atoms with E-state index in [9.17, 15) is 10.4 Å². The molecule has 0 aromatic heterocycles. The number of hydrogen-bond donors (Lipinski definition) is 1. The Hall–Kier alpha value is -0.630. The first kappa shape index (κ1) is 9.91. The zero-order chi connectivity index (χ0) is 10.1. The molecule has 0 aromatic rings. The molecule has 14 heavy (non-hydrogen) atoms. The highest BCUT2D eigenvalue weighted by atomic mass is 16.5. The molecule has 2 aliphatic heterocycles. The summed E-state index contributed by atoms with van der Waals surface area (Å²) in [7, 11) is 0. The van der Waals surface area contributed by atoms with Crippen LogP contribution in [0.3, 0.4) is 0 Å². The average Bonchev–Trinajstić information content (AvgIpc) is 2.68. The molecule has 2 saturated heterocycles. The van der Waals surface area contributed by atoms with Crippen molar-refractivity contribution >= 4 is 0 Å². The molecule has 0 aliphatic carbocycles. The van der Waals surface area contributed by atoms with E-state index in [4.69, 9.17) is 9.47 Å². The average molecular weight is 197 g/mol. The third kappa shape index (κ3) is 1.33. The molecule has 0 amide bonds. The van der Waals surface area contributed by atoms with Crippen LogP contribution in [0, 0.1) is 16.7 Å². The van der Waals surface area contributed by atoms with Crippen molar-refractivity contribution in [3.8, 4) is 6.07 Å². The maximum absolute atomic E-state index is 10.4. The minimum Gasteiger partial charge on any atom is -0.388 e. The van der Waals surface area contributed by atoms with E-state index < -0.39 is 11.0 Å². The number of nitriles is 1. The van der Waals surface area contributed by atoms with Crippen LogP contribution in [-0.2, 0) is 9.47 Å². The van der Waals surface area contributed by atoms with Crippen molar-refractivity contribution in [2.75, 3.05) is 26.4 Å². The summed E-state index contributed by atoms with van der Waals surface area (Å²) in [6.07, 6.45) is 1.73. The Labute approximate surface area is 83.4 Å². The van der Waals surface area contributed by atoms with Gasteiger partial charge in [-0.05, 0) is 6.42 Å². The second kappa shape index (κ2) is 3.50. The molecule has 1 atom stereocenters. The molecule has 1 N–H and O–H groups in total. The molecule has 78 valence electrons. The van der Waals surface area contributed by atoms with E-state index in [-0.39, 0.29) is 0 Å². The Balaban J connectivity index is 2.21. The maximum Gasteiger partial charge on any atom is 0.111 e. The van der Waals surface area contributed by atoms with Crippen LogP contribution in [0.15, 0.2) is 0 Å². The van der Waals surface area contributed by atoms with E-state index in [1.54, 1.807) is 0 Å². The van der Waals surface area contributed by atoms with Gasteiger partial charge in [-0.25, -0.2) is 0 Å². The first-order valence-electron chi connectivity index (χ1n) is 5.02. The zero-order valence-corrected chi connectivity index (χ0v) is 8.16. The van der Waals surface area contributed by atoms with E-state index in [1.165, 1.54) is 0 Å². The van der Waals surface area contributed by atoms with Crippen LogP contribution in [0.1, 0.15) is 19.3 Å². The number of aliphatic hydroxyl groups is 1. The molecule has 1 unspecified atom stereocenters. The van der Waals surface area contributed by atoms with E-state index in [2.05, 4.69) is 6.07 Å². The first-order chi connectivity index (χ1) is 6.72. The second-order valence-corrected chi connectivity index (χ2v) is 4.14. The summed E-state index contributed by atoms with van der Waals surface area (Å²) in [6.45, 7) is 2.02. The van der Waals surface area contributed by atoms with Crippen molar-refractivity contribution in [1.82, 2.24) is 0 Å². The lowest BCUT2D eigenvalue weighted by Crippen LogP contribution is -2.51. The first-order valence-corrected chi connectivity index (χ1v) is 5.02. The molecule has 0 aromatic carbocycles. The smallest absolute Gasteiger partial charge is 0.111 e. The molecule has 2 aliphatic rings. The minimum atomic E-state index is -0.906. The standard InChI is InChI=1S/C10H15NO3/c11-7-9(1-4-14-8-9)10(12)2-5-13-6-3-10/h12H,1-6,8H2. The Kier molecular flexibility index (Phi) is 2.48. The van der Waals surface area contributed by atoms with Crippen LogP contribution in [0.25, 0.3) is 0 Å². The quantitative estimate of drug-likeness (QED) is 0.663. The molecule has 0 bridgehead atoms. The Bertz CT molecular complexity index is 247. The summed E-state index contributed by atoms with van der Waals surface area (Å²) >= 11 is 0. The predicted molar refractivity (Wildman–Crippen MR) is 48.5 cm³/mol. The van der Waals surface area contributed by atoms with Gasteiger partial charge < -0.3 is 14.6 Å². The maximum atomic E-state index is 10.4. The lowest BCUT2D eigenvalue weighted by molar-refractivity contribution is -0.124. The van der Waals surface area contributed by atoms with Crippen molar-refractivity contribution in [2.24, 2.45) is 5.41 Å². The Morgan fingerprint density at radius 2 is 1.71 bits per heavy atom. The lowest BCUT2D eigenvalue weighted by Gasteiger charge is -2.41. The van der Waals surface area contributed by atoms with E-state index in [0.717, 1.165) is 0 Å². The van der Waals surface area contributed by atoms with Crippen LogP contribution in [-0.4, -0.2) is 37.1 Å². The van der Waals surface area contributed by atoms with Gasteiger partial charge in [-0.1, -0.05) is 0 Å². The fourth-order valence-electron chi connectivity index (χ4n) is 2.31. The Morgan fingerprint density at radius 3 is 2.21 bits per heavy atom. The minimum absolute atomic E-state index is 0.361. The third-order valence-corrected chi connectivity index (χ3v) is 3.45. The molecule has 0 spiro atoms. The van der Waals surface area contributed by atoms with Gasteiger partial charge >= 0.3 is 0 Å². The highest BCUT2D eigenvalue weighted by Crippen LogP contribution is 2.44. The van der Waals surface area contributed by atoms with Crippen molar-refractivity contribution in [3.63, 3.8) is 0 Å². The fourth-order valence-corrected chi connectivity index (χ4v) is 2.31. The van der Waals surface area contributed by atoms with Crippen molar-refractivity contribution in [3.05, 3.63) is 0 Å². The van der Waals surface area contributed by atoms with Crippen LogP contribution >= 0.6 is 0 Å². The third-order valence-electron chi connectivity index (χ3n) is 3.45. The number of hydrogen-bond acceptors (Lipinski definition) is 4. The molecule has 0 saturated carbocycles. The van der Waals surface area contributed by atoms with Crippen LogP contribution in [0.2, 0.25) is 0 Å². The Morgan fingerprint density at radius 1 is 1.07 bits per heavy atom. The summed E-state index contributed by atoms with van der Waals surface area (Å²) in [5.74, 6) is 0. The van der Waals surface area contributed by atoms with E-state index in [0.29, 0.717) is 45.7 Å². The molecule has 4 heteroatoms. The van der Waals surface area contributed by atoms with Crippen LogP contribution < -0.4 is 0 Å². The van der Waals surface area contributed by atoms with Gasteiger partial charge in [-0.15, -0.1) is 0 Å². The summed E-state index contributed by atoms with van der Waals surface area (Å²) in [5.41, 5.74) is -1.60. The molecule has 2 rings (SSSR count). The van der Waals surface area contributed by atoms with Crippen LogP contribution in [0.4, 0.5) is 0 Å². The highest BCUT2D eigenvalue weighted by molar-refractivity contribution is 5.14. The van der Waals surface area contributed by atoms with Gasteiger partial charge in [0.05, 0.1) is 18.3 Å². The predicted octanol–water partition coefficient (Wildman–Crippen LogP) is 0.458. The van der Waals surface area contributed by atoms with E-state index in [1.807, 2.05) is 0 Å². The van der Waals surface area contributed by atoms with Gasteiger partial charge in [0, 0.05) is 32.7 Å². The molecule has 2 heterocycles. The van der Waals surface area contributed by atoms with E-state index >= 15 is 0 Å². The lowest BCUT2D eigenvalue weighted by atomic mass is 9.68. The van der Waals surface area contributed by atoms with Gasteiger partial charge in [0.1, 0.15) is 5.41 Å². The summed E-state index contributed by atoms with van der Waals surface area (Å²) < 4.78 is 10.5. The molecular formula is C10H15NO3. The van der Waals surface area contributed by atoms with Crippen molar-refractivity contribution in [2.45, 2.75) is 24.9 Å². The normalized spacial score (nSPS) is 36.6. The van der Waals surface area contributed by atoms with Gasteiger partial charge in [0.2, 0.25) is 0 Å². The molecule has 2 fully saturated rings. The molecule has 0 radical (unpaired) electrons. The number of ether oxygens (including phenoxy) is 2. The molecule has 4 nitrogen and oxygen atoms in total. The summed E-state index contributed by atoms with van der Waals surface area (Å²) in [5, 5.41) is 19.6. The van der Waals surface area contributed by atoms with Gasteiger partial charge in [-0.2, -0.15) is 5.26 Å². The van der Waals surface area contributed by atoms with Gasteiger partial charge in [-0.3, -0.25) is 0 Å². The topological polar surface area (TPSA) is 62.5 Å². The SMILES string of the molecule is N#CC1(C2(O)CCOCC2)CCOC1. The largest absolute Gasteiger partial charge is 0.388 e. The van der Waals surface area contributed by atoms with Crippen molar-refractivity contribution < 1.29 is 14.6 Å². The highest BCUT2D eigenvalue weighted by Gasteiger charge is 2.53. The monoisotopic (exact) mass is 197 g/mol. The summed E-state index contributed by atoms with van der Waals surface area (Å²) in [4.78, 5) is 0. The number of nitrogens with zero attached hydrogens (tertiary/aromatic N) is 1. The zero-order valence-electron chi connectivity index (χ0n) is 8.16. The second-order valence-electron chi connectivity index (χ2n) is 4.14. The summed E-state index contributed by atoms with van der Waals surface area (Å²) in [6, 6.07) is 2.26. The van der Waals surface area contributed by atoms with Crippen LogP contribution in [0.5, 0.6) is 0 Å². The fraction of sp³-hybridized carbons (Fsp3) is 0.900.